The summed E-state index contributed by atoms with van der Waals surface area (Å²) in [6, 6.07) is 0. The first-order chi connectivity index (χ1) is 8.11. The van der Waals surface area contributed by atoms with Crippen molar-refractivity contribution in [2.45, 2.75) is 38.8 Å². The maximum Gasteiger partial charge on any atom is 0.131 e. The van der Waals surface area contributed by atoms with Gasteiger partial charge in [0.25, 0.3) is 0 Å². The van der Waals surface area contributed by atoms with Crippen molar-refractivity contribution in [3.05, 3.63) is 16.4 Å². The molecular weight excluding hydrogens is 238 g/mol. The monoisotopic (exact) mass is 257 g/mol. The van der Waals surface area contributed by atoms with E-state index in [1.807, 2.05) is 7.05 Å². The molecule has 1 fully saturated rings. The number of piperidine rings is 1. The van der Waals surface area contributed by atoms with Crippen LogP contribution in [0.2, 0.25) is 5.15 Å². The molecule has 5 heteroatoms. The van der Waals surface area contributed by atoms with Gasteiger partial charge in [-0.25, -0.2) is 0 Å². The molecule has 0 spiro atoms. The van der Waals surface area contributed by atoms with Gasteiger partial charge in [0, 0.05) is 25.7 Å². The summed E-state index contributed by atoms with van der Waals surface area (Å²) in [5, 5.41) is 14.8. The van der Waals surface area contributed by atoms with Crippen molar-refractivity contribution in [3.63, 3.8) is 0 Å². The third-order valence-corrected chi connectivity index (χ3v) is 3.82. The highest BCUT2D eigenvalue weighted by Crippen LogP contribution is 2.23. The summed E-state index contributed by atoms with van der Waals surface area (Å²) in [6.07, 6.45) is 2.68. The lowest BCUT2D eigenvalue weighted by Gasteiger charge is -2.29. The Morgan fingerprint density at radius 2 is 2.29 bits per heavy atom. The Bertz CT molecular complexity index is 391. The zero-order chi connectivity index (χ0) is 12.4. The lowest BCUT2D eigenvalue weighted by atomic mass is 10.1. The molecular formula is C12H20ClN3O. The molecule has 1 saturated heterocycles. The number of aliphatic hydroxyl groups excluding tert-OH is 1. The second-order valence-electron chi connectivity index (χ2n) is 4.72. The van der Waals surface area contributed by atoms with E-state index in [-0.39, 0.29) is 6.10 Å². The van der Waals surface area contributed by atoms with Crippen LogP contribution in [0.3, 0.4) is 0 Å². The predicted molar refractivity (Wildman–Crippen MR) is 68.1 cm³/mol. The van der Waals surface area contributed by atoms with Crippen LogP contribution in [0.5, 0.6) is 0 Å². The average Bonchev–Trinajstić information content (AvgIpc) is 2.57. The highest BCUT2D eigenvalue weighted by Gasteiger charge is 2.21. The van der Waals surface area contributed by atoms with E-state index in [0.717, 1.165) is 55.3 Å². The fraction of sp³-hybridized carbons (Fsp3) is 0.750. The number of aryl methyl sites for hydroxylation is 2. The standard InChI is InChI=1S/C12H20ClN3O/c1-3-11-10(12(13)15(2)14-11)8-16-6-4-5-9(17)7-16/h9,17H,3-8H2,1-2H3. The molecule has 1 atom stereocenters. The molecule has 0 bridgehead atoms. The van der Waals surface area contributed by atoms with Gasteiger partial charge in [0.1, 0.15) is 5.15 Å². The number of halogens is 1. The molecule has 0 aliphatic carbocycles. The minimum atomic E-state index is -0.190. The molecule has 0 radical (unpaired) electrons. The Kier molecular flexibility index (Phi) is 4.07. The highest BCUT2D eigenvalue weighted by atomic mass is 35.5. The van der Waals surface area contributed by atoms with Gasteiger partial charge in [-0.1, -0.05) is 18.5 Å². The van der Waals surface area contributed by atoms with Crippen LogP contribution in [0, 0.1) is 0 Å². The maximum atomic E-state index is 9.66. The molecule has 17 heavy (non-hydrogen) atoms. The molecule has 0 aromatic carbocycles. The van der Waals surface area contributed by atoms with E-state index in [9.17, 15) is 5.11 Å². The van der Waals surface area contributed by atoms with Crippen molar-refractivity contribution in [2.75, 3.05) is 13.1 Å². The molecule has 1 aromatic rings. The number of rotatable bonds is 3. The minimum Gasteiger partial charge on any atom is -0.392 e. The van der Waals surface area contributed by atoms with Crippen molar-refractivity contribution < 1.29 is 5.11 Å². The van der Waals surface area contributed by atoms with Gasteiger partial charge in [0.2, 0.25) is 0 Å². The first-order valence-electron chi connectivity index (χ1n) is 6.22. The summed E-state index contributed by atoms with van der Waals surface area (Å²) >= 11 is 6.26. The predicted octanol–water partition coefficient (Wildman–Crippen LogP) is 1.59. The molecule has 4 nitrogen and oxygen atoms in total. The topological polar surface area (TPSA) is 41.3 Å². The van der Waals surface area contributed by atoms with Crippen LogP contribution >= 0.6 is 11.6 Å². The van der Waals surface area contributed by atoms with Crippen molar-refractivity contribution in [1.29, 1.82) is 0 Å². The number of nitrogens with zero attached hydrogens (tertiary/aromatic N) is 3. The first-order valence-corrected chi connectivity index (χ1v) is 6.60. The normalized spacial score (nSPS) is 22.0. The molecule has 1 aromatic heterocycles. The van der Waals surface area contributed by atoms with Crippen LogP contribution in [0.1, 0.15) is 31.0 Å². The average molecular weight is 258 g/mol. The molecule has 2 heterocycles. The first kappa shape index (κ1) is 12.9. The van der Waals surface area contributed by atoms with E-state index in [2.05, 4.69) is 16.9 Å². The van der Waals surface area contributed by atoms with Crippen LogP contribution in [-0.4, -0.2) is 39.0 Å². The van der Waals surface area contributed by atoms with Crippen LogP contribution in [0.25, 0.3) is 0 Å². The molecule has 96 valence electrons. The fourth-order valence-corrected chi connectivity index (χ4v) is 2.65. The quantitative estimate of drug-likeness (QED) is 0.894. The molecule has 1 aliphatic rings. The van der Waals surface area contributed by atoms with Crippen molar-refractivity contribution in [1.82, 2.24) is 14.7 Å². The summed E-state index contributed by atoms with van der Waals surface area (Å²) < 4.78 is 1.73. The number of β-amino-alcohol motifs (C(OH)–C–C–N with tert-alkyl or cyclic N) is 1. The van der Waals surface area contributed by atoms with E-state index >= 15 is 0 Å². The van der Waals surface area contributed by atoms with Crippen LogP contribution in [0.4, 0.5) is 0 Å². The van der Waals surface area contributed by atoms with Gasteiger partial charge in [0.15, 0.2) is 0 Å². The third-order valence-electron chi connectivity index (χ3n) is 3.35. The lowest BCUT2D eigenvalue weighted by molar-refractivity contribution is 0.0667. The summed E-state index contributed by atoms with van der Waals surface area (Å²) in [6.45, 7) is 4.67. The van der Waals surface area contributed by atoms with Gasteiger partial charge >= 0.3 is 0 Å². The zero-order valence-corrected chi connectivity index (χ0v) is 11.2. The van der Waals surface area contributed by atoms with Crippen molar-refractivity contribution >= 4 is 11.6 Å². The molecule has 1 N–H and O–H groups in total. The van der Waals surface area contributed by atoms with Gasteiger partial charge in [-0.3, -0.25) is 9.58 Å². The van der Waals surface area contributed by atoms with Gasteiger partial charge in [-0.2, -0.15) is 5.10 Å². The number of hydrogen-bond acceptors (Lipinski definition) is 3. The van der Waals surface area contributed by atoms with Gasteiger partial charge < -0.3 is 5.11 Å². The Labute approximate surface area is 107 Å². The largest absolute Gasteiger partial charge is 0.392 e. The second kappa shape index (κ2) is 5.38. The Morgan fingerprint density at radius 3 is 2.94 bits per heavy atom. The summed E-state index contributed by atoms with van der Waals surface area (Å²) in [7, 11) is 1.87. The second-order valence-corrected chi connectivity index (χ2v) is 5.08. The van der Waals surface area contributed by atoms with Crippen LogP contribution in [-0.2, 0) is 20.0 Å². The van der Waals surface area contributed by atoms with Gasteiger partial charge in [-0.05, 0) is 25.8 Å². The number of hydrogen-bond donors (Lipinski definition) is 1. The minimum absolute atomic E-state index is 0.190. The van der Waals surface area contributed by atoms with Gasteiger partial charge in [0.05, 0.1) is 11.8 Å². The SMILES string of the molecule is CCc1nn(C)c(Cl)c1CN1CCCC(O)C1. The fourth-order valence-electron chi connectivity index (χ4n) is 2.44. The Morgan fingerprint density at radius 1 is 1.53 bits per heavy atom. The molecule has 1 aliphatic heterocycles. The zero-order valence-electron chi connectivity index (χ0n) is 10.5. The van der Waals surface area contributed by atoms with E-state index in [1.54, 1.807) is 4.68 Å². The lowest BCUT2D eigenvalue weighted by Crippen LogP contribution is -2.37. The Balaban J connectivity index is 2.12. The number of aliphatic hydroxyl groups is 1. The Hall–Kier alpha value is -0.580. The maximum absolute atomic E-state index is 9.66. The van der Waals surface area contributed by atoms with Gasteiger partial charge in [-0.15, -0.1) is 0 Å². The number of aromatic nitrogens is 2. The summed E-state index contributed by atoms with van der Waals surface area (Å²) in [5.74, 6) is 0. The van der Waals surface area contributed by atoms with Crippen LogP contribution in [0.15, 0.2) is 0 Å². The van der Waals surface area contributed by atoms with Crippen molar-refractivity contribution in [2.24, 2.45) is 7.05 Å². The van der Waals surface area contributed by atoms with E-state index in [0.29, 0.717) is 0 Å². The van der Waals surface area contributed by atoms with Crippen LogP contribution < -0.4 is 0 Å². The van der Waals surface area contributed by atoms with E-state index < -0.39 is 0 Å². The molecule has 2 rings (SSSR count). The smallest absolute Gasteiger partial charge is 0.131 e. The molecule has 0 amide bonds. The van der Waals surface area contributed by atoms with E-state index in [4.69, 9.17) is 11.6 Å². The molecule has 1 unspecified atom stereocenters. The highest BCUT2D eigenvalue weighted by molar-refractivity contribution is 6.30. The van der Waals surface area contributed by atoms with Crippen molar-refractivity contribution in [3.8, 4) is 0 Å². The number of likely N-dealkylation sites (tertiary alicyclic amines) is 1. The molecule has 0 saturated carbocycles. The third kappa shape index (κ3) is 2.81. The summed E-state index contributed by atoms with van der Waals surface area (Å²) in [4.78, 5) is 2.26. The summed E-state index contributed by atoms with van der Waals surface area (Å²) in [5.41, 5.74) is 2.18. The van der Waals surface area contributed by atoms with E-state index in [1.165, 1.54) is 0 Å².